The maximum atomic E-state index is 13.0. The molecule has 5 nitrogen and oxygen atoms in total. The van der Waals surface area contributed by atoms with Crippen molar-refractivity contribution in [2.45, 2.75) is 20.8 Å². The number of rotatable bonds is 4. The average molecular weight is 289 g/mol. The van der Waals surface area contributed by atoms with E-state index in [9.17, 15) is 14.3 Å². The molecule has 0 saturated carbocycles. The number of anilines is 2. The fourth-order valence-electron chi connectivity index (χ4n) is 2.12. The number of nitrogens with zero attached hydrogens (tertiary/aromatic N) is 3. The molecule has 0 radical (unpaired) electrons. The van der Waals surface area contributed by atoms with Gasteiger partial charge in [-0.2, -0.15) is 5.10 Å². The van der Waals surface area contributed by atoms with E-state index >= 15 is 0 Å². The molecule has 0 spiro atoms. The lowest BCUT2D eigenvalue weighted by Crippen LogP contribution is -2.22. The molecule has 2 aromatic rings. The van der Waals surface area contributed by atoms with Gasteiger partial charge in [0.25, 0.3) is 0 Å². The monoisotopic (exact) mass is 289 g/mol. The van der Waals surface area contributed by atoms with Gasteiger partial charge in [0.1, 0.15) is 11.4 Å². The number of hydrogen-bond acceptors (Lipinski definition) is 4. The minimum absolute atomic E-state index is 0.119. The minimum atomic E-state index is -1.05. The molecule has 110 valence electrons. The minimum Gasteiger partial charge on any atom is -0.478 e. The van der Waals surface area contributed by atoms with Crippen molar-refractivity contribution in [3.63, 3.8) is 0 Å². The highest BCUT2D eigenvalue weighted by Gasteiger charge is 2.22. The molecule has 0 aliphatic rings. The highest BCUT2D eigenvalue weighted by molar-refractivity contribution is 5.96. The number of aromatic nitrogens is 2. The van der Waals surface area contributed by atoms with Gasteiger partial charge in [-0.05, 0) is 50.6 Å². The van der Waals surface area contributed by atoms with E-state index in [1.54, 1.807) is 30.9 Å². The van der Waals surface area contributed by atoms with Gasteiger partial charge in [0, 0.05) is 12.2 Å². The van der Waals surface area contributed by atoms with Crippen LogP contribution in [0.5, 0.6) is 0 Å². The largest absolute Gasteiger partial charge is 0.478 e. The van der Waals surface area contributed by atoms with E-state index in [4.69, 9.17) is 0 Å². The van der Waals surface area contributed by atoms with E-state index in [2.05, 4.69) is 10.2 Å². The van der Waals surface area contributed by atoms with Gasteiger partial charge in [0.2, 0.25) is 0 Å². The van der Waals surface area contributed by atoms with Gasteiger partial charge < -0.3 is 10.0 Å². The highest BCUT2D eigenvalue weighted by atomic mass is 19.1. The normalized spacial score (nSPS) is 10.5. The van der Waals surface area contributed by atoms with Gasteiger partial charge in [-0.1, -0.05) is 0 Å². The smallest absolute Gasteiger partial charge is 0.339 e. The maximum absolute atomic E-state index is 13.0. The fraction of sp³-hybridized carbons (Fsp3) is 0.267. The second kappa shape index (κ2) is 5.87. The topological polar surface area (TPSA) is 66.3 Å². The number of benzene rings is 1. The van der Waals surface area contributed by atoms with Crippen molar-refractivity contribution in [3.05, 3.63) is 46.9 Å². The molecule has 0 unspecified atom stereocenters. The van der Waals surface area contributed by atoms with E-state index in [1.165, 1.54) is 12.1 Å². The lowest BCUT2D eigenvalue weighted by molar-refractivity contribution is 0.0696. The molecule has 2 rings (SSSR count). The van der Waals surface area contributed by atoms with Crippen LogP contribution in [0.4, 0.5) is 15.9 Å². The van der Waals surface area contributed by atoms with Crippen molar-refractivity contribution in [1.82, 2.24) is 10.2 Å². The first-order valence-corrected chi connectivity index (χ1v) is 6.56. The highest BCUT2D eigenvalue weighted by Crippen LogP contribution is 2.28. The third-order valence-corrected chi connectivity index (χ3v) is 3.36. The van der Waals surface area contributed by atoms with E-state index in [0.717, 1.165) is 0 Å². The maximum Gasteiger partial charge on any atom is 0.339 e. The summed E-state index contributed by atoms with van der Waals surface area (Å²) in [5, 5.41) is 17.5. The van der Waals surface area contributed by atoms with E-state index in [-0.39, 0.29) is 17.2 Å². The first-order chi connectivity index (χ1) is 9.95. The molecule has 0 aliphatic heterocycles. The molecule has 0 fully saturated rings. The number of aryl methyl sites for hydroxylation is 1. The zero-order valence-electron chi connectivity index (χ0n) is 12.1. The summed E-state index contributed by atoms with van der Waals surface area (Å²) in [5.74, 6) is -1.14. The summed E-state index contributed by atoms with van der Waals surface area (Å²) in [6.07, 6.45) is 0. The van der Waals surface area contributed by atoms with Crippen LogP contribution in [-0.2, 0) is 0 Å². The van der Waals surface area contributed by atoms with E-state index < -0.39 is 5.97 Å². The van der Waals surface area contributed by atoms with Crippen molar-refractivity contribution < 1.29 is 14.3 Å². The predicted molar refractivity (Wildman–Crippen MR) is 77.5 cm³/mol. The number of carboxylic acid groups (broad SMARTS) is 1. The fourth-order valence-corrected chi connectivity index (χ4v) is 2.12. The molecular formula is C15H16FN3O2. The Kier molecular flexibility index (Phi) is 4.16. The van der Waals surface area contributed by atoms with E-state index in [1.807, 2.05) is 6.92 Å². The Morgan fingerprint density at radius 3 is 2.38 bits per heavy atom. The van der Waals surface area contributed by atoms with Gasteiger partial charge in [-0.25, -0.2) is 9.18 Å². The molecule has 1 heterocycles. The standard InChI is InChI=1S/C15H16FN3O2/c1-4-19(12-7-5-11(16)6-8-12)14-13(15(20)21)9(2)10(3)17-18-14/h5-8H,4H2,1-3H3,(H,20,21). The molecule has 1 aromatic carbocycles. The third kappa shape index (κ3) is 2.84. The molecule has 6 heteroatoms. The van der Waals surface area contributed by atoms with Crippen molar-refractivity contribution >= 4 is 17.5 Å². The van der Waals surface area contributed by atoms with Crippen LogP contribution in [0.1, 0.15) is 28.5 Å². The number of hydrogen-bond donors (Lipinski definition) is 1. The summed E-state index contributed by atoms with van der Waals surface area (Å²) in [6, 6.07) is 5.82. The van der Waals surface area contributed by atoms with Gasteiger partial charge in [0.05, 0.1) is 5.69 Å². The van der Waals surface area contributed by atoms with Gasteiger partial charge in [0.15, 0.2) is 5.82 Å². The number of halogens is 1. The summed E-state index contributed by atoms with van der Waals surface area (Å²) < 4.78 is 13.0. The number of carbonyl (C=O) groups is 1. The third-order valence-electron chi connectivity index (χ3n) is 3.36. The first kappa shape index (κ1) is 14.9. The molecule has 0 atom stereocenters. The zero-order valence-corrected chi connectivity index (χ0v) is 12.1. The first-order valence-electron chi connectivity index (χ1n) is 6.56. The molecule has 21 heavy (non-hydrogen) atoms. The van der Waals surface area contributed by atoms with Gasteiger partial charge >= 0.3 is 5.97 Å². The number of carboxylic acids is 1. The quantitative estimate of drug-likeness (QED) is 0.937. The van der Waals surface area contributed by atoms with Crippen LogP contribution in [0.25, 0.3) is 0 Å². The molecule has 1 aromatic heterocycles. The van der Waals surface area contributed by atoms with Crippen LogP contribution in [-0.4, -0.2) is 27.8 Å². The van der Waals surface area contributed by atoms with Crippen molar-refractivity contribution in [2.24, 2.45) is 0 Å². The molecule has 0 aliphatic carbocycles. The van der Waals surface area contributed by atoms with Gasteiger partial charge in [-0.15, -0.1) is 5.10 Å². The SMILES string of the molecule is CCN(c1ccc(F)cc1)c1nnc(C)c(C)c1C(=O)O. The molecule has 0 bridgehead atoms. The Balaban J connectivity index is 2.60. The summed E-state index contributed by atoms with van der Waals surface area (Å²) in [7, 11) is 0. The zero-order chi connectivity index (χ0) is 15.6. The lowest BCUT2D eigenvalue weighted by Gasteiger charge is -2.24. The molecular weight excluding hydrogens is 273 g/mol. The van der Waals surface area contributed by atoms with Crippen molar-refractivity contribution in [2.75, 3.05) is 11.4 Å². The van der Waals surface area contributed by atoms with Gasteiger partial charge in [-0.3, -0.25) is 0 Å². The lowest BCUT2D eigenvalue weighted by atomic mass is 10.1. The summed E-state index contributed by atoms with van der Waals surface area (Å²) in [5.41, 5.74) is 1.94. The molecule has 1 N–H and O–H groups in total. The Hall–Kier alpha value is -2.50. The molecule has 0 amide bonds. The molecule has 0 saturated heterocycles. The Labute approximate surface area is 122 Å². The summed E-state index contributed by atoms with van der Waals surface area (Å²) in [4.78, 5) is 13.2. The van der Waals surface area contributed by atoms with Crippen LogP contribution in [0.2, 0.25) is 0 Å². The Bertz CT molecular complexity index is 671. The van der Waals surface area contributed by atoms with Crippen LogP contribution in [0.15, 0.2) is 24.3 Å². The van der Waals surface area contributed by atoms with Crippen LogP contribution >= 0.6 is 0 Å². The summed E-state index contributed by atoms with van der Waals surface area (Å²) >= 11 is 0. The second-order valence-corrected chi connectivity index (χ2v) is 4.63. The van der Waals surface area contributed by atoms with Crippen LogP contribution < -0.4 is 4.90 Å². The van der Waals surface area contributed by atoms with E-state index in [0.29, 0.717) is 23.5 Å². The second-order valence-electron chi connectivity index (χ2n) is 4.63. The van der Waals surface area contributed by atoms with Crippen molar-refractivity contribution in [3.8, 4) is 0 Å². The summed E-state index contributed by atoms with van der Waals surface area (Å²) in [6.45, 7) is 5.77. The van der Waals surface area contributed by atoms with Crippen molar-refractivity contribution in [1.29, 1.82) is 0 Å². The Morgan fingerprint density at radius 1 is 1.24 bits per heavy atom. The Morgan fingerprint density at radius 2 is 1.86 bits per heavy atom. The van der Waals surface area contributed by atoms with Crippen LogP contribution in [0.3, 0.4) is 0 Å². The predicted octanol–water partition coefficient (Wildman–Crippen LogP) is 3.09. The van der Waals surface area contributed by atoms with Crippen LogP contribution in [0, 0.1) is 19.7 Å². The number of aromatic carboxylic acids is 1. The average Bonchev–Trinajstić information content (AvgIpc) is 2.45.